The number of ether oxygens (including phenoxy) is 1. The van der Waals surface area contributed by atoms with Crippen LogP contribution in [-0.4, -0.2) is 36.4 Å². The maximum Gasteiger partial charge on any atom is 0.387 e. The second-order valence-electron chi connectivity index (χ2n) is 5.63. The number of benzene rings is 2. The molecule has 0 fully saturated rings. The molecule has 2 aromatic rings. The number of likely N-dealkylation sites (N-methyl/N-ethyl adjacent to an activating group) is 1. The molecule has 0 bridgehead atoms. The van der Waals surface area contributed by atoms with Crippen LogP contribution in [0.5, 0.6) is 5.75 Å². The van der Waals surface area contributed by atoms with Crippen molar-refractivity contribution < 1.29 is 27.5 Å². The second kappa shape index (κ2) is 9.61. The van der Waals surface area contributed by atoms with Crippen LogP contribution in [-0.2, 0) is 11.3 Å². The molecule has 0 saturated carbocycles. The molecule has 0 atom stereocenters. The Balaban J connectivity index is 1.91. The van der Waals surface area contributed by atoms with Gasteiger partial charge in [0.25, 0.3) is 5.91 Å². The van der Waals surface area contributed by atoms with Gasteiger partial charge in [0, 0.05) is 18.7 Å². The third-order valence-electron chi connectivity index (χ3n) is 3.73. The van der Waals surface area contributed by atoms with Gasteiger partial charge in [0.1, 0.15) is 11.6 Å². The van der Waals surface area contributed by atoms with Crippen LogP contribution in [0.2, 0.25) is 0 Å². The predicted octanol–water partition coefficient (Wildman–Crippen LogP) is 3.21. The number of rotatable bonds is 8. The minimum absolute atomic E-state index is 0.0540. The van der Waals surface area contributed by atoms with E-state index >= 15 is 0 Å². The van der Waals surface area contributed by atoms with Crippen molar-refractivity contribution in [3.63, 3.8) is 0 Å². The molecule has 27 heavy (non-hydrogen) atoms. The molecule has 2 amide bonds. The van der Waals surface area contributed by atoms with Crippen LogP contribution in [0.4, 0.5) is 13.2 Å². The summed E-state index contributed by atoms with van der Waals surface area (Å²) < 4.78 is 41.4. The van der Waals surface area contributed by atoms with E-state index < -0.39 is 12.5 Å². The molecule has 0 unspecified atom stereocenters. The molecule has 0 heterocycles. The van der Waals surface area contributed by atoms with Crippen LogP contribution in [0.25, 0.3) is 0 Å². The number of amides is 2. The average molecular weight is 380 g/mol. The van der Waals surface area contributed by atoms with E-state index in [9.17, 15) is 22.8 Å². The maximum absolute atomic E-state index is 12.9. The first kappa shape index (κ1) is 20.3. The van der Waals surface area contributed by atoms with Gasteiger partial charge in [-0.2, -0.15) is 8.78 Å². The molecule has 0 spiro atoms. The number of hydrogen-bond acceptors (Lipinski definition) is 3. The monoisotopic (exact) mass is 380 g/mol. The minimum Gasteiger partial charge on any atom is -0.435 e. The molecule has 2 aromatic carbocycles. The summed E-state index contributed by atoms with van der Waals surface area (Å²) in [5.74, 6) is -1.19. The first-order valence-electron chi connectivity index (χ1n) is 8.24. The predicted molar refractivity (Wildman–Crippen MR) is 92.9 cm³/mol. The van der Waals surface area contributed by atoms with Crippen LogP contribution in [0.15, 0.2) is 48.5 Å². The number of halogens is 3. The molecule has 5 nitrogen and oxygen atoms in total. The Bertz CT molecular complexity index is 765. The third kappa shape index (κ3) is 6.32. The maximum atomic E-state index is 12.9. The van der Waals surface area contributed by atoms with E-state index in [-0.39, 0.29) is 42.7 Å². The summed E-state index contributed by atoms with van der Waals surface area (Å²) in [4.78, 5) is 25.9. The summed E-state index contributed by atoms with van der Waals surface area (Å²) in [6, 6.07) is 11.0. The number of nitrogens with one attached hydrogen (secondary N) is 1. The molecule has 2 rings (SSSR count). The largest absolute Gasteiger partial charge is 0.435 e. The molecule has 0 aliphatic carbocycles. The quantitative estimate of drug-likeness (QED) is 0.765. The van der Waals surface area contributed by atoms with Gasteiger partial charge in [-0.3, -0.25) is 9.59 Å². The first-order chi connectivity index (χ1) is 12.9. The summed E-state index contributed by atoms with van der Waals surface area (Å²) in [6.07, 6.45) is 0. The molecular weight excluding hydrogens is 361 g/mol. The van der Waals surface area contributed by atoms with Crippen molar-refractivity contribution in [2.24, 2.45) is 0 Å². The topological polar surface area (TPSA) is 58.6 Å². The van der Waals surface area contributed by atoms with E-state index in [4.69, 9.17) is 0 Å². The Labute approximate surface area is 154 Å². The fourth-order valence-electron chi connectivity index (χ4n) is 2.32. The van der Waals surface area contributed by atoms with Crippen molar-refractivity contribution in [3.05, 3.63) is 65.5 Å². The van der Waals surface area contributed by atoms with Crippen LogP contribution in [0.3, 0.4) is 0 Å². The normalized spacial score (nSPS) is 10.6. The van der Waals surface area contributed by atoms with E-state index in [1.807, 2.05) is 0 Å². The molecular formula is C19H19F3N2O3. The molecule has 0 radical (unpaired) electrons. The number of hydrogen-bond donors (Lipinski definition) is 1. The van der Waals surface area contributed by atoms with E-state index in [0.717, 1.165) is 5.56 Å². The Morgan fingerprint density at radius 2 is 1.70 bits per heavy atom. The highest BCUT2D eigenvalue weighted by Crippen LogP contribution is 2.16. The Kier molecular flexibility index (Phi) is 7.22. The first-order valence-corrected chi connectivity index (χ1v) is 8.24. The smallest absolute Gasteiger partial charge is 0.387 e. The highest BCUT2D eigenvalue weighted by atomic mass is 19.3. The molecule has 0 aliphatic rings. The fourth-order valence-corrected chi connectivity index (χ4v) is 2.32. The number of nitrogens with zero attached hydrogens (tertiary/aromatic N) is 1. The van der Waals surface area contributed by atoms with E-state index in [0.29, 0.717) is 0 Å². The van der Waals surface area contributed by atoms with Crippen LogP contribution in [0, 0.1) is 5.82 Å². The Hall–Kier alpha value is -3.03. The van der Waals surface area contributed by atoms with E-state index in [2.05, 4.69) is 10.1 Å². The molecule has 1 N–H and O–H groups in total. The lowest BCUT2D eigenvalue weighted by Gasteiger charge is -2.20. The zero-order chi connectivity index (χ0) is 19.8. The van der Waals surface area contributed by atoms with Gasteiger partial charge in [-0.1, -0.05) is 12.1 Å². The van der Waals surface area contributed by atoms with E-state index in [1.165, 1.54) is 41.3 Å². The van der Waals surface area contributed by atoms with Crippen LogP contribution >= 0.6 is 0 Å². The number of alkyl halides is 2. The lowest BCUT2D eigenvalue weighted by molar-refractivity contribution is -0.121. The molecule has 0 aliphatic heterocycles. The van der Waals surface area contributed by atoms with Crippen LogP contribution in [0.1, 0.15) is 22.8 Å². The Morgan fingerprint density at radius 1 is 1.07 bits per heavy atom. The Morgan fingerprint density at radius 3 is 2.26 bits per heavy atom. The number of carbonyl (C=O) groups excluding carboxylic acids is 2. The van der Waals surface area contributed by atoms with Gasteiger partial charge in [-0.25, -0.2) is 4.39 Å². The van der Waals surface area contributed by atoms with Crippen molar-refractivity contribution in [3.8, 4) is 5.75 Å². The van der Waals surface area contributed by atoms with E-state index in [1.54, 1.807) is 19.1 Å². The summed E-state index contributed by atoms with van der Waals surface area (Å²) in [5.41, 5.74) is 0.985. The zero-order valence-electron chi connectivity index (χ0n) is 14.6. The summed E-state index contributed by atoms with van der Waals surface area (Å²) >= 11 is 0. The molecule has 0 aromatic heterocycles. The SMILES string of the molecule is CCN(CC(=O)NCc1ccc(F)cc1)C(=O)c1ccc(OC(F)F)cc1. The van der Waals surface area contributed by atoms with Crippen molar-refractivity contribution in [1.29, 1.82) is 0 Å². The average Bonchev–Trinajstić information content (AvgIpc) is 2.65. The summed E-state index contributed by atoms with van der Waals surface area (Å²) in [6.45, 7) is -0.878. The minimum atomic E-state index is -2.94. The fraction of sp³-hybridized carbons (Fsp3) is 0.263. The summed E-state index contributed by atoms with van der Waals surface area (Å²) in [7, 11) is 0. The number of carbonyl (C=O) groups is 2. The van der Waals surface area contributed by atoms with Crippen molar-refractivity contribution in [2.45, 2.75) is 20.1 Å². The van der Waals surface area contributed by atoms with Crippen LogP contribution < -0.4 is 10.1 Å². The third-order valence-corrected chi connectivity index (χ3v) is 3.73. The van der Waals surface area contributed by atoms with Gasteiger partial charge < -0.3 is 15.0 Å². The van der Waals surface area contributed by atoms with Gasteiger partial charge in [0.15, 0.2) is 0 Å². The standard InChI is InChI=1S/C19H19F3N2O3/c1-2-24(12-17(25)23-11-13-3-7-15(20)8-4-13)18(26)14-5-9-16(10-6-14)27-19(21)22/h3-10,19H,2,11-12H2,1H3,(H,23,25). The van der Waals surface area contributed by atoms with Gasteiger partial charge in [-0.05, 0) is 48.9 Å². The zero-order valence-corrected chi connectivity index (χ0v) is 14.6. The highest BCUT2D eigenvalue weighted by molar-refractivity contribution is 5.96. The molecule has 8 heteroatoms. The molecule has 0 saturated heterocycles. The second-order valence-corrected chi connectivity index (χ2v) is 5.63. The van der Waals surface area contributed by atoms with Gasteiger partial charge >= 0.3 is 6.61 Å². The van der Waals surface area contributed by atoms with Gasteiger partial charge in [0.05, 0.1) is 6.54 Å². The van der Waals surface area contributed by atoms with Gasteiger partial charge in [-0.15, -0.1) is 0 Å². The van der Waals surface area contributed by atoms with Crippen molar-refractivity contribution in [2.75, 3.05) is 13.1 Å². The van der Waals surface area contributed by atoms with Crippen molar-refractivity contribution in [1.82, 2.24) is 10.2 Å². The summed E-state index contributed by atoms with van der Waals surface area (Å²) in [5, 5.41) is 2.66. The lowest BCUT2D eigenvalue weighted by atomic mass is 10.2. The molecule has 144 valence electrons. The lowest BCUT2D eigenvalue weighted by Crippen LogP contribution is -2.40. The van der Waals surface area contributed by atoms with Crippen molar-refractivity contribution >= 4 is 11.8 Å². The highest BCUT2D eigenvalue weighted by Gasteiger charge is 2.17. The van der Waals surface area contributed by atoms with Gasteiger partial charge in [0.2, 0.25) is 5.91 Å².